The van der Waals surface area contributed by atoms with Crippen molar-refractivity contribution in [3.8, 4) is 11.5 Å². The Bertz CT molecular complexity index is 1380. The largest absolute Gasteiger partial charge is 0.486 e. The minimum Gasteiger partial charge on any atom is -0.486 e. The smallest absolute Gasteiger partial charge is 0.252 e. The number of hydrogen-bond donors (Lipinski definition) is 1. The first-order valence-corrected chi connectivity index (χ1v) is 12.9. The molecule has 0 spiro atoms. The van der Waals surface area contributed by atoms with E-state index in [2.05, 4.69) is 10.2 Å². The normalized spacial score (nSPS) is 20.5. The summed E-state index contributed by atoms with van der Waals surface area (Å²) in [6.45, 7) is 8.93. The van der Waals surface area contributed by atoms with E-state index < -0.39 is 0 Å². The summed E-state index contributed by atoms with van der Waals surface area (Å²) in [5.41, 5.74) is 1.04. The average Bonchev–Trinajstić information content (AvgIpc) is 3.30. The molecule has 6 rings (SSSR count). The van der Waals surface area contributed by atoms with Crippen LogP contribution in [0.5, 0.6) is 11.5 Å². The Kier molecular flexibility index (Phi) is 7.59. The second-order valence-corrected chi connectivity index (χ2v) is 9.23. The van der Waals surface area contributed by atoms with Crippen LogP contribution in [0.25, 0.3) is 11.0 Å². The van der Waals surface area contributed by atoms with E-state index in [0.717, 1.165) is 11.9 Å². The second-order valence-electron chi connectivity index (χ2n) is 9.23. The molecule has 0 radical (unpaired) electrons. The molecule has 3 aliphatic rings. The Labute approximate surface area is 214 Å². The number of rotatable bonds is 6. The molecule has 10 heteroatoms. The zero-order chi connectivity index (χ0) is 25.9. The third-order valence-corrected chi connectivity index (χ3v) is 6.91. The standard InChI is InChI=1S/C25H27FN4O5.C2H6/c26-20-10-22-21(34-7-8-35-22)9-17(20)11-27-12-19-15-28(5-6-33-19)13-18-14-29-23(31)3-1-16-2-4-24(32)30(18)25(16)29;1-2/h1-4,9-10,18-19,27H,5-8,11-15H2;1-2H3. The zero-order valence-corrected chi connectivity index (χ0v) is 21.2. The van der Waals surface area contributed by atoms with Gasteiger partial charge in [-0.25, -0.2) is 4.39 Å². The molecule has 1 saturated heterocycles. The van der Waals surface area contributed by atoms with Gasteiger partial charge in [-0.05, 0) is 18.2 Å². The topological polar surface area (TPSA) is 87.0 Å². The molecule has 0 amide bonds. The number of ether oxygens (including phenoxy) is 3. The molecule has 198 valence electrons. The molecule has 2 unspecified atom stereocenters. The van der Waals surface area contributed by atoms with Crippen LogP contribution < -0.4 is 25.9 Å². The molecular formula is C27H33FN4O5. The third kappa shape index (κ3) is 5.14. The first-order valence-electron chi connectivity index (χ1n) is 12.9. The number of nitrogens with one attached hydrogen (secondary N) is 1. The van der Waals surface area contributed by atoms with Gasteiger partial charge in [0.05, 0.1) is 18.8 Å². The van der Waals surface area contributed by atoms with Crippen molar-refractivity contribution in [1.29, 1.82) is 0 Å². The van der Waals surface area contributed by atoms with Crippen molar-refractivity contribution in [3.63, 3.8) is 0 Å². The van der Waals surface area contributed by atoms with Crippen molar-refractivity contribution in [2.45, 2.75) is 39.1 Å². The number of aromatic nitrogens is 2. The highest BCUT2D eigenvalue weighted by Crippen LogP contribution is 2.32. The molecule has 1 fully saturated rings. The van der Waals surface area contributed by atoms with Gasteiger partial charge >= 0.3 is 0 Å². The highest BCUT2D eigenvalue weighted by molar-refractivity contribution is 5.76. The van der Waals surface area contributed by atoms with E-state index in [-0.39, 0.29) is 29.1 Å². The van der Waals surface area contributed by atoms with E-state index in [4.69, 9.17) is 14.2 Å². The number of morpholine rings is 1. The molecule has 3 aromatic rings. The molecule has 1 N–H and O–H groups in total. The number of nitrogens with zero attached hydrogens (tertiary/aromatic N) is 3. The van der Waals surface area contributed by atoms with E-state index >= 15 is 0 Å². The van der Waals surface area contributed by atoms with E-state index in [1.165, 1.54) is 6.07 Å². The van der Waals surface area contributed by atoms with Crippen LogP contribution in [0.2, 0.25) is 0 Å². The van der Waals surface area contributed by atoms with Crippen molar-refractivity contribution < 1.29 is 18.6 Å². The third-order valence-electron chi connectivity index (χ3n) is 6.91. The summed E-state index contributed by atoms with van der Waals surface area (Å²) >= 11 is 0. The molecule has 1 aromatic carbocycles. The van der Waals surface area contributed by atoms with Crippen molar-refractivity contribution >= 4 is 11.0 Å². The van der Waals surface area contributed by atoms with Gasteiger partial charge in [0.15, 0.2) is 11.5 Å². The predicted octanol–water partition coefficient (Wildman–Crippen LogP) is 2.14. The molecule has 5 heterocycles. The van der Waals surface area contributed by atoms with Gasteiger partial charge in [0.25, 0.3) is 11.1 Å². The zero-order valence-electron chi connectivity index (χ0n) is 21.2. The minimum absolute atomic E-state index is 0.0666. The van der Waals surface area contributed by atoms with Crippen LogP contribution in [-0.2, 0) is 17.8 Å². The fourth-order valence-corrected chi connectivity index (χ4v) is 5.27. The Morgan fingerprint density at radius 1 is 0.973 bits per heavy atom. The average molecular weight is 513 g/mol. The summed E-state index contributed by atoms with van der Waals surface area (Å²) in [5, 5.41) is 4.18. The molecule has 0 saturated carbocycles. The van der Waals surface area contributed by atoms with Crippen LogP contribution >= 0.6 is 0 Å². The SMILES string of the molecule is CC.O=c1ccc2ccc(=O)n3c2n1CC3CN1CCOC(CNCc2cc3c(cc2F)OCCO3)C1. The Hall–Kier alpha value is -3.21. The van der Waals surface area contributed by atoms with Gasteiger partial charge in [-0.3, -0.25) is 23.6 Å². The van der Waals surface area contributed by atoms with Crippen LogP contribution in [0.3, 0.4) is 0 Å². The van der Waals surface area contributed by atoms with E-state index in [1.807, 2.05) is 13.8 Å². The Balaban J connectivity index is 0.00000137. The molecule has 2 aromatic heterocycles. The summed E-state index contributed by atoms with van der Waals surface area (Å²) in [5.74, 6) is 0.676. The summed E-state index contributed by atoms with van der Waals surface area (Å²) in [6, 6.07) is 9.61. The van der Waals surface area contributed by atoms with E-state index in [1.54, 1.807) is 39.5 Å². The van der Waals surface area contributed by atoms with Crippen LogP contribution in [0.15, 0.2) is 46.0 Å². The lowest BCUT2D eigenvalue weighted by Gasteiger charge is -2.34. The number of halogens is 1. The lowest BCUT2D eigenvalue weighted by atomic mass is 10.1. The lowest BCUT2D eigenvalue weighted by Crippen LogP contribution is -2.48. The van der Waals surface area contributed by atoms with Crippen LogP contribution in [0.1, 0.15) is 25.5 Å². The summed E-state index contributed by atoms with van der Waals surface area (Å²) in [6.07, 6.45) is -0.0666. The van der Waals surface area contributed by atoms with Gasteiger partial charge in [0.1, 0.15) is 24.7 Å². The fraction of sp³-hybridized carbons (Fsp3) is 0.481. The monoisotopic (exact) mass is 512 g/mol. The fourth-order valence-electron chi connectivity index (χ4n) is 5.27. The van der Waals surface area contributed by atoms with Crippen molar-refractivity contribution in [3.05, 3.63) is 68.5 Å². The quantitative estimate of drug-likeness (QED) is 0.542. The molecular weight excluding hydrogens is 479 g/mol. The number of hydrogen-bond acceptors (Lipinski definition) is 7. The molecule has 0 aliphatic carbocycles. The van der Waals surface area contributed by atoms with Crippen molar-refractivity contribution in [2.24, 2.45) is 0 Å². The number of pyridine rings is 2. The first-order chi connectivity index (χ1) is 18.1. The second kappa shape index (κ2) is 11.0. The highest BCUT2D eigenvalue weighted by Gasteiger charge is 2.30. The van der Waals surface area contributed by atoms with Gasteiger partial charge in [-0.15, -0.1) is 0 Å². The van der Waals surface area contributed by atoms with Crippen LogP contribution in [-0.4, -0.2) is 66.1 Å². The van der Waals surface area contributed by atoms with Gasteiger partial charge in [0.2, 0.25) is 0 Å². The maximum atomic E-state index is 14.4. The maximum absolute atomic E-state index is 14.4. The van der Waals surface area contributed by atoms with Gasteiger partial charge in [-0.2, -0.15) is 0 Å². The van der Waals surface area contributed by atoms with Crippen molar-refractivity contribution in [2.75, 3.05) is 46.0 Å². The molecule has 37 heavy (non-hydrogen) atoms. The van der Waals surface area contributed by atoms with Gasteiger partial charge in [0, 0.05) is 68.4 Å². The van der Waals surface area contributed by atoms with E-state index in [9.17, 15) is 14.0 Å². The van der Waals surface area contributed by atoms with Crippen LogP contribution in [0, 0.1) is 5.82 Å². The van der Waals surface area contributed by atoms with E-state index in [0.29, 0.717) is 75.3 Å². The minimum atomic E-state index is -0.330. The van der Waals surface area contributed by atoms with Crippen molar-refractivity contribution in [1.82, 2.24) is 19.4 Å². The molecule has 3 aliphatic heterocycles. The first kappa shape index (κ1) is 25.4. The molecule has 9 nitrogen and oxygen atoms in total. The Morgan fingerprint density at radius 2 is 1.70 bits per heavy atom. The summed E-state index contributed by atoms with van der Waals surface area (Å²) in [7, 11) is 0. The number of fused-ring (bicyclic) bond motifs is 1. The summed E-state index contributed by atoms with van der Waals surface area (Å²) < 4.78 is 34.8. The van der Waals surface area contributed by atoms with Crippen LogP contribution in [0.4, 0.5) is 4.39 Å². The molecule has 0 bridgehead atoms. The lowest BCUT2D eigenvalue weighted by molar-refractivity contribution is -0.0311. The highest BCUT2D eigenvalue weighted by atomic mass is 19.1. The number of benzene rings is 1. The predicted molar refractivity (Wildman–Crippen MR) is 138 cm³/mol. The maximum Gasteiger partial charge on any atom is 0.252 e. The van der Waals surface area contributed by atoms with Gasteiger partial charge < -0.3 is 19.5 Å². The Morgan fingerprint density at radius 3 is 2.49 bits per heavy atom. The molecule has 2 atom stereocenters. The van der Waals surface area contributed by atoms with Gasteiger partial charge in [-0.1, -0.05) is 13.8 Å². The summed E-state index contributed by atoms with van der Waals surface area (Å²) in [4.78, 5) is 27.3.